The van der Waals surface area contributed by atoms with Crippen LogP contribution in [0.2, 0.25) is 0 Å². The van der Waals surface area contributed by atoms with Crippen LogP contribution < -0.4 is 10.6 Å². The Morgan fingerprint density at radius 2 is 1.45 bits per heavy atom. The highest BCUT2D eigenvalue weighted by molar-refractivity contribution is 6.34. The molecule has 2 aromatic carbocycles. The van der Waals surface area contributed by atoms with Gasteiger partial charge in [-0.15, -0.1) is 0 Å². The van der Waals surface area contributed by atoms with Gasteiger partial charge in [-0.25, -0.2) is 4.90 Å². The minimum Gasteiger partial charge on any atom is -0.398 e. The molecule has 0 saturated heterocycles. The smallest absolute Gasteiger partial charge is 0.398 e. The summed E-state index contributed by atoms with van der Waals surface area (Å²) in [4.78, 5) is 25.2. The summed E-state index contributed by atoms with van der Waals surface area (Å²) in [5.74, 6) is -1.31. The lowest BCUT2D eigenvalue weighted by Crippen LogP contribution is -2.29. The summed E-state index contributed by atoms with van der Waals surface area (Å²) in [6.45, 7) is 0. The summed E-state index contributed by atoms with van der Waals surface area (Å²) in [5, 5.41) is 0. The van der Waals surface area contributed by atoms with Gasteiger partial charge in [0.25, 0.3) is 11.8 Å². The van der Waals surface area contributed by atoms with E-state index < -0.39 is 29.2 Å². The third-order valence-corrected chi connectivity index (χ3v) is 3.39. The second kappa shape index (κ2) is 4.59. The Labute approximate surface area is 122 Å². The Balaban J connectivity index is 2.11. The molecule has 0 saturated carbocycles. The zero-order valence-electron chi connectivity index (χ0n) is 11.0. The summed E-state index contributed by atoms with van der Waals surface area (Å²) in [6, 6.07) is 9.02. The maximum atomic E-state index is 12.9. The Morgan fingerprint density at radius 1 is 0.909 bits per heavy atom. The number of amides is 2. The van der Waals surface area contributed by atoms with Gasteiger partial charge in [0.2, 0.25) is 0 Å². The highest BCUT2D eigenvalue weighted by atomic mass is 19.4. The fourth-order valence-electron chi connectivity index (χ4n) is 2.35. The van der Waals surface area contributed by atoms with E-state index in [9.17, 15) is 22.8 Å². The predicted molar refractivity (Wildman–Crippen MR) is 73.4 cm³/mol. The van der Waals surface area contributed by atoms with Crippen molar-refractivity contribution in [3.63, 3.8) is 0 Å². The first-order valence-electron chi connectivity index (χ1n) is 6.25. The van der Waals surface area contributed by atoms with Gasteiger partial charge in [-0.1, -0.05) is 12.1 Å². The van der Waals surface area contributed by atoms with Crippen LogP contribution in [-0.2, 0) is 6.18 Å². The summed E-state index contributed by atoms with van der Waals surface area (Å²) >= 11 is 0. The van der Waals surface area contributed by atoms with Gasteiger partial charge in [0.1, 0.15) is 0 Å². The average molecular weight is 306 g/mol. The van der Waals surface area contributed by atoms with Crippen LogP contribution in [0.4, 0.5) is 24.5 Å². The zero-order valence-corrected chi connectivity index (χ0v) is 11.0. The number of hydrogen-bond donors (Lipinski definition) is 1. The Kier molecular flexibility index (Phi) is 2.94. The van der Waals surface area contributed by atoms with Crippen LogP contribution in [0.25, 0.3) is 0 Å². The highest BCUT2D eigenvalue weighted by Gasteiger charge is 2.38. The largest absolute Gasteiger partial charge is 0.418 e. The highest BCUT2D eigenvalue weighted by Crippen LogP contribution is 2.37. The van der Waals surface area contributed by atoms with E-state index >= 15 is 0 Å². The van der Waals surface area contributed by atoms with E-state index in [1.807, 2.05) is 0 Å². The van der Waals surface area contributed by atoms with E-state index in [1.165, 1.54) is 18.2 Å². The van der Waals surface area contributed by atoms with E-state index in [0.717, 1.165) is 11.0 Å². The fourth-order valence-corrected chi connectivity index (χ4v) is 2.35. The summed E-state index contributed by atoms with van der Waals surface area (Å²) < 4.78 is 38.7. The number of alkyl halides is 3. The number of nitrogens with zero attached hydrogens (tertiary/aromatic N) is 1. The van der Waals surface area contributed by atoms with Gasteiger partial charge < -0.3 is 5.73 Å². The molecule has 0 aromatic heterocycles. The number of carbonyl (C=O) groups is 2. The molecule has 0 aliphatic carbocycles. The Morgan fingerprint density at radius 3 is 1.95 bits per heavy atom. The van der Waals surface area contributed by atoms with Crippen molar-refractivity contribution in [2.45, 2.75) is 6.18 Å². The van der Waals surface area contributed by atoms with Crippen molar-refractivity contribution in [1.82, 2.24) is 0 Å². The lowest BCUT2D eigenvalue weighted by Gasteiger charge is -2.17. The number of benzene rings is 2. The van der Waals surface area contributed by atoms with Gasteiger partial charge in [-0.2, -0.15) is 13.2 Å². The van der Waals surface area contributed by atoms with Crippen molar-refractivity contribution < 1.29 is 22.8 Å². The molecule has 112 valence electrons. The van der Waals surface area contributed by atoms with Gasteiger partial charge in [0.15, 0.2) is 0 Å². The molecule has 3 rings (SSSR count). The maximum Gasteiger partial charge on any atom is 0.418 e. The van der Waals surface area contributed by atoms with Crippen LogP contribution in [0, 0.1) is 0 Å². The van der Waals surface area contributed by atoms with Crippen molar-refractivity contribution >= 4 is 23.2 Å². The second-order valence-electron chi connectivity index (χ2n) is 4.76. The molecule has 0 radical (unpaired) electrons. The molecule has 1 aliphatic heterocycles. The number of carbonyl (C=O) groups excluding carboxylic acids is 2. The molecule has 2 amide bonds. The summed E-state index contributed by atoms with van der Waals surface area (Å²) in [5.41, 5.74) is 3.94. The normalized spacial score (nSPS) is 14.4. The van der Waals surface area contributed by atoms with Gasteiger partial charge in [-0.05, 0) is 30.3 Å². The van der Waals surface area contributed by atoms with Crippen LogP contribution in [0.1, 0.15) is 26.3 Å². The third-order valence-electron chi connectivity index (χ3n) is 3.39. The molecule has 7 heteroatoms. The molecule has 0 spiro atoms. The molecular weight excluding hydrogens is 297 g/mol. The fraction of sp³-hybridized carbons (Fsp3) is 0.0667. The molecule has 1 heterocycles. The predicted octanol–water partition coefficient (Wildman–Crippen LogP) is 3.09. The number of hydrogen-bond acceptors (Lipinski definition) is 3. The first kappa shape index (κ1) is 14.1. The van der Waals surface area contributed by atoms with Crippen LogP contribution in [0.5, 0.6) is 0 Å². The van der Waals surface area contributed by atoms with E-state index in [1.54, 1.807) is 12.1 Å². The van der Waals surface area contributed by atoms with Gasteiger partial charge in [0.05, 0.1) is 22.4 Å². The molecule has 0 unspecified atom stereocenters. The first-order chi connectivity index (χ1) is 10.3. The minimum atomic E-state index is -4.67. The molecular formula is C15H9F3N2O2. The molecule has 4 nitrogen and oxygen atoms in total. The molecule has 0 bridgehead atoms. The van der Waals surface area contributed by atoms with Crippen molar-refractivity contribution in [2.75, 3.05) is 10.6 Å². The SMILES string of the molecule is Nc1ccc(N2C(=O)c3ccccc3C2=O)cc1C(F)(F)F. The van der Waals surface area contributed by atoms with Crippen molar-refractivity contribution in [3.8, 4) is 0 Å². The van der Waals surface area contributed by atoms with E-state index in [2.05, 4.69) is 0 Å². The number of halogens is 3. The van der Waals surface area contributed by atoms with Crippen LogP contribution >= 0.6 is 0 Å². The Hall–Kier alpha value is -2.83. The lowest BCUT2D eigenvalue weighted by atomic mass is 10.1. The molecule has 0 atom stereocenters. The molecule has 2 N–H and O–H groups in total. The number of nitrogen functional groups attached to an aromatic ring is 1. The third kappa shape index (κ3) is 2.02. The Bertz CT molecular complexity index is 765. The number of anilines is 2. The van der Waals surface area contributed by atoms with E-state index in [-0.39, 0.29) is 16.8 Å². The van der Waals surface area contributed by atoms with Crippen molar-refractivity contribution in [2.24, 2.45) is 0 Å². The van der Waals surface area contributed by atoms with Gasteiger partial charge in [-0.3, -0.25) is 9.59 Å². The van der Waals surface area contributed by atoms with E-state index in [4.69, 9.17) is 5.73 Å². The number of imide groups is 1. The van der Waals surface area contributed by atoms with Gasteiger partial charge in [0, 0.05) is 5.69 Å². The van der Waals surface area contributed by atoms with Crippen molar-refractivity contribution in [1.29, 1.82) is 0 Å². The average Bonchev–Trinajstić information content (AvgIpc) is 2.71. The summed E-state index contributed by atoms with van der Waals surface area (Å²) in [7, 11) is 0. The topological polar surface area (TPSA) is 63.4 Å². The summed E-state index contributed by atoms with van der Waals surface area (Å²) in [6.07, 6.45) is -4.67. The van der Waals surface area contributed by atoms with Gasteiger partial charge >= 0.3 is 6.18 Å². The molecule has 0 fully saturated rings. The van der Waals surface area contributed by atoms with Crippen LogP contribution in [-0.4, -0.2) is 11.8 Å². The monoisotopic (exact) mass is 306 g/mol. The maximum absolute atomic E-state index is 12.9. The van der Waals surface area contributed by atoms with Crippen LogP contribution in [0.3, 0.4) is 0 Å². The lowest BCUT2D eigenvalue weighted by molar-refractivity contribution is -0.136. The van der Waals surface area contributed by atoms with E-state index in [0.29, 0.717) is 6.07 Å². The molecule has 22 heavy (non-hydrogen) atoms. The number of nitrogens with two attached hydrogens (primary N) is 1. The number of fused-ring (bicyclic) bond motifs is 1. The molecule has 2 aromatic rings. The number of rotatable bonds is 1. The zero-order chi connectivity index (χ0) is 16.1. The molecule has 1 aliphatic rings. The minimum absolute atomic E-state index is 0.160. The van der Waals surface area contributed by atoms with Crippen molar-refractivity contribution in [3.05, 3.63) is 59.2 Å². The first-order valence-corrected chi connectivity index (χ1v) is 6.25. The second-order valence-corrected chi connectivity index (χ2v) is 4.76. The van der Waals surface area contributed by atoms with Crippen LogP contribution in [0.15, 0.2) is 42.5 Å². The quantitative estimate of drug-likeness (QED) is 0.650. The standard InChI is InChI=1S/C15H9F3N2O2/c16-15(17,18)11-7-8(5-6-12(11)19)20-13(21)9-3-1-2-4-10(9)14(20)22/h1-7H,19H2.